The van der Waals surface area contributed by atoms with Gasteiger partial charge in [-0.05, 0) is 30.0 Å². The molecule has 1 aromatic rings. The molecule has 0 atom stereocenters. The Morgan fingerprint density at radius 2 is 2.08 bits per heavy atom. The number of thiophene rings is 1. The molecule has 1 heteroatoms. The van der Waals surface area contributed by atoms with Gasteiger partial charge in [0.1, 0.15) is 0 Å². The molecule has 0 bridgehead atoms. The Morgan fingerprint density at radius 3 is 2.50 bits per heavy atom. The maximum absolute atomic E-state index is 3.61. The first-order chi connectivity index (χ1) is 5.84. The van der Waals surface area contributed by atoms with Crippen molar-refractivity contribution < 1.29 is 0 Å². The minimum Gasteiger partial charge on any atom is -0.144 e. The first-order valence-corrected chi connectivity index (χ1v) is 5.06. The first-order valence-electron chi connectivity index (χ1n) is 4.18. The highest BCUT2D eigenvalue weighted by molar-refractivity contribution is 7.11. The molecular formula is C11H16S. The lowest BCUT2D eigenvalue weighted by Crippen LogP contribution is -1.64. The maximum atomic E-state index is 3.61. The van der Waals surface area contributed by atoms with Crippen LogP contribution in [0.3, 0.4) is 0 Å². The highest BCUT2D eigenvalue weighted by atomic mass is 32.1. The molecule has 0 spiro atoms. The quantitative estimate of drug-likeness (QED) is 0.596. The van der Waals surface area contributed by atoms with Gasteiger partial charge in [0, 0.05) is 4.88 Å². The van der Waals surface area contributed by atoms with E-state index in [9.17, 15) is 0 Å². The Bertz CT molecular complexity index is 243. The van der Waals surface area contributed by atoms with Crippen LogP contribution in [0.5, 0.6) is 0 Å². The molecule has 0 radical (unpaired) electrons. The lowest BCUT2D eigenvalue weighted by Gasteiger charge is -1.85. The Morgan fingerprint density at radius 1 is 1.42 bits per heavy atom. The summed E-state index contributed by atoms with van der Waals surface area (Å²) in [5.41, 5.74) is 1.34. The fraction of sp³-hybridized carbons (Fsp3) is 0.273. The molecule has 1 aromatic heterocycles. The van der Waals surface area contributed by atoms with Crippen LogP contribution in [0.15, 0.2) is 30.2 Å². The smallest absolute Gasteiger partial charge is 0.0299 e. The summed E-state index contributed by atoms with van der Waals surface area (Å²) < 4.78 is 0. The summed E-state index contributed by atoms with van der Waals surface area (Å²) in [4.78, 5) is 1.32. The molecule has 0 aliphatic carbocycles. The molecule has 0 nitrogen and oxygen atoms in total. The van der Waals surface area contributed by atoms with Crippen molar-refractivity contribution in [2.45, 2.75) is 20.8 Å². The van der Waals surface area contributed by atoms with Gasteiger partial charge in [-0.3, -0.25) is 0 Å². The molecule has 0 amide bonds. The van der Waals surface area contributed by atoms with Gasteiger partial charge in [0.15, 0.2) is 0 Å². The molecule has 12 heavy (non-hydrogen) atoms. The fourth-order valence-corrected chi connectivity index (χ4v) is 1.54. The van der Waals surface area contributed by atoms with Crippen LogP contribution in [0.1, 0.15) is 24.3 Å². The molecule has 66 valence electrons. The number of aryl methyl sites for hydroxylation is 1. The minimum absolute atomic E-state index is 1.32. The van der Waals surface area contributed by atoms with E-state index < -0.39 is 0 Å². The van der Waals surface area contributed by atoms with Crippen molar-refractivity contribution in [2.75, 3.05) is 0 Å². The van der Waals surface area contributed by atoms with E-state index in [1.54, 1.807) is 17.4 Å². The predicted molar refractivity (Wildman–Crippen MR) is 59.6 cm³/mol. The van der Waals surface area contributed by atoms with E-state index in [0.717, 1.165) is 0 Å². The summed E-state index contributed by atoms with van der Waals surface area (Å²) in [6, 6.07) is 2.12. The Hall–Kier alpha value is -0.820. The van der Waals surface area contributed by atoms with E-state index in [1.807, 2.05) is 19.9 Å². The third-order valence-electron chi connectivity index (χ3n) is 1.29. The van der Waals surface area contributed by atoms with Crippen molar-refractivity contribution >= 4 is 17.4 Å². The van der Waals surface area contributed by atoms with Gasteiger partial charge < -0.3 is 0 Å². The third kappa shape index (κ3) is 3.54. The van der Waals surface area contributed by atoms with Gasteiger partial charge >= 0.3 is 0 Å². The number of hydrogen-bond acceptors (Lipinski definition) is 1. The topological polar surface area (TPSA) is 0 Å². The molecule has 1 rings (SSSR count). The average molecular weight is 180 g/mol. The molecule has 0 saturated carbocycles. The second-order valence-corrected chi connectivity index (χ2v) is 3.01. The lowest BCUT2D eigenvalue weighted by atomic mass is 10.3. The molecule has 0 N–H and O–H groups in total. The highest BCUT2D eigenvalue weighted by Gasteiger charge is 1.91. The molecule has 0 aromatic carbocycles. The van der Waals surface area contributed by atoms with Crippen LogP contribution in [-0.2, 0) is 0 Å². The van der Waals surface area contributed by atoms with Crippen LogP contribution >= 0.6 is 11.3 Å². The van der Waals surface area contributed by atoms with Crippen LogP contribution in [0.25, 0.3) is 6.08 Å². The van der Waals surface area contributed by atoms with Crippen molar-refractivity contribution in [2.24, 2.45) is 0 Å². The number of rotatable bonds is 2. The molecule has 1 heterocycles. The molecule has 0 fully saturated rings. The molecular weight excluding hydrogens is 164 g/mol. The third-order valence-corrected chi connectivity index (χ3v) is 2.27. The largest absolute Gasteiger partial charge is 0.144 e. The van der Waals surface area contributed by atoms with Crippen LogP contribution in [0.2, 0.25) is 0 Å². The second kappa shape index (κ2) is 6.86. The fourth-order valence-electron chi connectivity index (χ4n) is 0.711. The van der Waals surface area contributed by atoms with Crippen LogP contribution in [0, 0.1) is 6.92 Å². The standard InChI is InChI=1S/C9H10S.C2H6/c1-3-4-5-9-8(2)6-7-10-9;1-2/h3-7H,1H2,2H3;1-2H3/b5-4-;. The average Bonchev–Trinajstić information content (AvgIpc) is 2.51. The summed E-state index contributed by atoms with van der Waals surface area (Å²) in [5.74, 6) is 0. The Kier molecular flexibility index (Phi) is 6.39. The van der Waals surface area contributed by atoms with E-state index in [0.29, 0.717) is 0 Å². The van der Waals surface area contributed by atoms with E-state index >= 15 is 0 Å². The Labute approximate surface area is 79.3 Å². The monoisotopic (exact) mass is 180 g/mol. The van der Waals surface area contributed by atoms with Gasteiger partial charge in [0.05, 0.1) is 0 Å². The summed E-state index contributed by atoms with van der Waals surface area (Å²) >= 11 is 1.75. The van der Waals surface area contributed by atoms with Crippen molar-refractivity contribution in [3.05, 3.63) is 40.6 Å². The molecule has 0 unspecified atom stereocenters. The van der Waals surface area contributed by atoms with Crippen LogP contribution < -0.4 is 0 Å². The second-order valence-electron chi connectivity index (χ2n) is 2.06. The zero-order chi connectivity index (χ0) is 9.40. The Balaban J connectivity index is 0.000000561. The van der Waals surface area contributed by atoms with E-state index in [-0.39, 0.29) is 0 Å². The summed E-state index contributed by atoms with van der Waals surface area (Å²) in [6.45, 7) is 9.72. The predicted octanol–water partition coefficient (Wildman–Crippen LogP) is 4.28. The van der Waals surface area contributed by atoms with Crippen molar-refractivity contribution in [1.82, 2.24) is 0 Å². The zero-order valence-electron chi connectivity index (χ0n) is 8.00. The van der Waals surface area contributed by atoms with Crippen LogP contribution in [0.4, 0.5) is 0 Å². The lowest BCUT2D eigenvalue weighted by molar-refractivity contribution is 1.50. The van der Waals surface area contributed by atoms with Crippen LogP contribution in [-0.4, -0.2) is 0 Å². The SMILES string of the molecule is C=C/C=C\c1sccc1C.CC. The van der Waals surface area contributed by atoms with Crippen molar-refractivity contribution in [3.8, 4) is 0 Å². The molecule has 0 aliphatic heterocycles. The van der Waals surface area contributed by atoms with E-state index in [1.165, 1.54) is 10.4 Å². The normalized spacial score (nSPS) is 9.25. The zero-order valence-corrected chi connectivity index (χ0v) is 8.82. The van der Waals surface area contributed by atoms with E-state index in [2.05, 4.69) is 31.0 Å². The van der Waals surface area contributed by atoms with Gasteiger partial charge in [-0.2, -0.15) is 0 Å². The minimum atomic E-state index is 1.32. The van der Waals surface area contributed by atoms with Gasteiger partial charge in [-0.25, -0.2) is 0 Å². The highest BCUT2D eigenvalue weighted by Crippen LogP contribution is 2.16. The summed E-state index contributed by atoms with van der Waals surface area (Å²) in [6.07, 6.45) is 5.82. The van der Waals surface area contributed by atoms with Gasteiger partial charge in [-0.15, -0.1) is 11.3 Å². The van der Waals surface area contributed by atoms with Gasteiger partial charge in [0.2, 0.25) is 0 Å². The summed E-state index contributed by atoms with van der Waals surface area (Å²) in [5, 5.41) is 2.10. The van der Waals surface area contributed by atoms with Gasteiger partial charge in [-0.1, -0.05) is 32.6 Å². The van der Waals surface area contributed by atoms with Crippen molar-refractivity contribution in [1.29, 1.82) is 0 Å². The summed E-state index contributed by atoms with van der Waals surface area (Å²) in [7, 11) is 0. The van der Waals surface area contributed by atoms with E-state index in [4.69, 9.17) is 0 Å². The van der Waals surface area contributed by atoms with Crippen molar-refractivity contribution in [3.63, 3.8) is 0 Å². The number of hydrogen-bond donors (Lipinski definition) is 0. The maximum Gasteiger partial charge on any atom is 0.0299 e. The van der Waals surface area contributed by atoms with Gasteiger partial charge in [0.25, 0.3) is 0 Å². The molecule has 0 saturated heterocycles. The molecule has 0 aliphatic rings. The number of allylic oxidation sites excluding steroid dienone is 2. The first kappa shape index (κ1) is 11.2.